The Morgan fingerprint density at radius 3 is 2.93 bits per heavy atom. The number of hydrogen-bond donors (Lipinski definition) is 0. The Morgan fingerprint density at radius 2 is 2.15 bits per heavy atom. The molecule has 1 aromatic carbocycles. The van der Waals surface area contributed by atoms with E-state index in [1.54, 1.807) is 6.20 Å². The van der Waals surface area contributed by atoms with E-state index in [0.29, 0.717) is 6.54 Å². The fourth-order valence-electron chi connectivity index (χ4n) is 3.23. The van der Waals surface area contributed by atoms with Gasteiger partial charge in [-0.25, -0.2) is 4.98 Å². The van der Waals surface area contributed by atoms with Crippen LogP contribution in [0.15, 0.2) is 47.2 Å². The summed E-state index contributed by atoms with van der Waals surface area (Å²) in [5.41, 5.74) is 1.88. The maximum absolute atomic E-state index is 6.05. The predicted octanol–water partition coefficient (Wildman–Crippen LogP) is 4.80. The van der Waals surface area contributed by atoms with E-state index in [1.807, 2.05) is 35.9 Å². The molecule has 142 valence electrons. The third-order valence-corrected chi connectivity index (χ3v) is 5.35. The molecule has 0 saturated carbocycles. The van der Waals surface area contributed by atoms with E-state index < -0.39 is 0 Å². The molecule has 4 rings (SSSR count). The van der Waals surface area contributed by atoms with Gasteiger partial charge in [-0.15, -0.1) is 0 Å². The minimum absolute atomic E-state index is 0.142. The van der Waals surface area contributed by atoms with E-state index in [9.17, 15) is 0 Å². The van der Waals surface area contributed by atoms with Crippen molar-refractivity contribution in [2.24, 2.45) is 0 Å². The number of halogens is 1. The summed E-state index contributed by atoms with van der Waals surface area (Å²) < 4.78 is 20.5. The lowest BCUT2D eigenvalue weighted by atomic mass is 10.1. The quantitative estimate of drug-likeness (QED) is 0.476. The van der Waals surface area contributed by atoms with Gasteiger partial charge in [-0.1, -0.05) is 17.3 Å². The SMILES string of the molecule is CC(OC1CCCCO1)c1nccn1Cc1cc(-c2ccc(I)cc2)no1. The first-order valence-electron chi connectivity index (χ1n) is 9.18. The van der Waals surface area contributed by atoms with Crippen LogP contribution in [0.3, 0.4) is 0 Å². The molecule has 1 saturated heterocycles. The van der Waals surface area contributed by atoms with Crippen LogP contribution in [0.25, 0.3) is 11.3 Å². The van der Waals surface area contributed by atoms with Crippen molar-refractivity contribution in [2.45, 2.75) is 45.1 Å². The number of imidazole rings is 1. The lowest BCUT2D eigenvalue weighted by Gasteiger charge is -2.26. The fourth-order valence-corrected chi connectivity index (χ4v) is 3.59. The van der Waals surface area contributed by atoms with Gasteiger partial charge in [0.25, 0.3) is 0 Å². The van der Waals surface area contributed by atoms with Crippen molar-refractivity contribution in [3.8, 4) is 11.3 Å². The molecule has 3 heterocycles. The standard InChI is InChI=1S/C20H22IN3O3/c1-14(26-19-4-2-3-11-25-19)20-22-9-10-24(20)13-17-12-18(23-27-17)15-5-7-16(21)8-6-15/h5-10,12,14,19H,2-4,11,13H2,1H3. The number of aromatic nitrogens is 3. The Bertz CT molecular complexity index is 869. The van der Waals surface area contributed by atoms with Gasteiger partial charge < -0.3 is 18.6 Å². The van der Waals surface area contributed by atoms with Crippen molar-refractivity contribution >= 4 is 22.6 Å². The zero-order valence-electron chi connectivity index (χ0n) is 15.2. The highest BCUT2D eigenvalue weighted by Gasteiger charge is 2.21. The number of rotatable bonds is 6. The van der Waals surface area contributed by atoms with Gasteiger partial charge in [0.1, 0.15) is 17.6 Å². The number of benzene rings is 1. The van der Waals surface area contributed by atoms with Crippen molar-refractivity contribution < 1.29 is 14.0 Å². The van der Waals surface area contributed by atoms with E-state index in [1.165, 1.54) is 3.57 Å². The second kappa shape index (κ2) is 8.53. The monoisotopic (exact) mass is 479 g/mol. The van der Waals surface area contributed by atoms with Crippen molar-refractivity contribution in [3.05, 3.63) is 57.9 Å². The molecule has 1 aliphatic heterocycles. The highest BCUT2D eigenvalue weighted by molar-refractivity contribution is 14.1. The molecule has 1 aliphatic rings. The molecule has 2 unspecified atom stereocenters. The Hall–Kier alpha value is -1.71. The van der Waals surface area contributed by atoms with Crippen LogP contribution in [0.4, 0.5) is 0 Å². The highest BCUT2D eigenvalue weighted by Crippen LogP contribution is 2.24. The molecule has 1 fully saturated rings. The van der Waals surface area contributed by atoms with Crippen LogP contribution in [-0.2, 0) is 16.0 Å². The molecular formula is C20H22IN3O3. The zero-order valence-corrected chi connectivity index (χ0v) is 17.3. The van der Waals surface area contributed by atoms with Crippen LogP contribution in [0.1, 0.15) is 43.9 Å². The molecule has 0 aliphatic carbocycles. The molecule has 2 atom stereocenters. The average Bonchev–Trinajstić information content (AvgIpc) is 3.33. The lowest BCUT2D eigenvalue weighted by molar-refractivity contribution is -0.188. The van der Waals surface area contributed by atoms with Crippen LogP contribution in [0, 0.1) is 3.57 Å². The third kappa shape index (κ3) is 4.59. The van der Waals surface area contributed by atoms with Crippen molar-refractivity contribution in [3.63, 3.8) is 0 Å². The Balaban J connectivity index is 1.44. The molecule has 0 amide bonds. The normalized spacial score (nSPS) is 18.5. The van der Waals surface area contributed by atoms with Crippen LogP contribution < -0.4 is 0 Å². The zero-order chi connectivity index (χ0) is 18.6. The minimum atomic E-state index is -0.151. The molecule has 0 radical (unpaired) electrons. The van der Waals surface area contributed by atoms with Gasteiger partial charge in [0, 0.05) is 34.2 Å². The molecule has 0 N–H and O–H groups in total. The number of hydrogen-bond acceptors (Lipinski definition) is 5. The first kappa shape index (κ1) is 18.6. The summed E-state index contributed by atoms with van der Waals surface area (Å²) in [5.74, 6) is 1.64. The second-order valence-electron chi connectivity index (χ2n) is 6.67. The highest BCUT2D eigenvalue weighted by atomic mass is 127. The van der Waals surface area contributed by atoms with Gasteiger partial charge in [0.15, 0.2) is 12.1 Å². The Labute approximate surface area is 172 Å². The summed E-state index contributed by atoms with van der Waals surface area (Å²) in [6.07, 6.45) is 6.62. The molecule has 3 aromatic rings. The van der Waals surface area contributed by atoms with Gasteiger partial charge in [-0.05, 0) is 60.9 Å². The van der Waals surface area contributed by atoms with E-state index in [0.717, 1.165) is 48.7 Å². The lowest BCUT2D eigenvalue weighted by Crippen LogP contribution is -2.24. The van der Waals surface area contributed by atoms with Gasteiger partial charge in [-0.3, -0.25) is 0 Å². The van der Waals surface area contributed by atoms with Gasteiger partial charge in [0.2, 0.25) is 0 Å². The molecule has 7 heteroatoms. The van der Waals surface area contributed by atoms with E-state index in [4.69, 9.17) is 14.0 Å². The van der Waals surface area contributed by atoms with Gasteiger partial charge in [0.05, 0.1) is 6.54 Å². The topological polar surface area (TPSA) is 62.3 Å². The average molecular weight is 479 g/mol. The first-order valence-corrected chi connectivity index (χ1v) is 10.3. The van der Waals surface area contributed by atoms with E-state index >= 15 is 0 Å². The molecule has 0 bridgehead atoms. The van der Waals surface area contributed by atoms with Crippen LogP contribution in [-0.4, -0.2) is 27.6 Å². The van der Waals surface area contributed by atoms with Crippen LogP contribution >= 0.6 is 22.6 Å². The molecule has 2 aromatic heterocycles. The van der Waals surface area contributed by atoms with Crippen molar-refractivity contribution in [1.82, 2.24) is 14.7 Å². The molecular weight excluding hydrogens is 457 g/mol. The maximum Gasteiger partial charge on any atom is 0.158 e. The number of nitrogens with zero attached hydrogens (tertiary/aromatic N) is 3. The van der Waals surface area contributed by atoms with E-state index in [-0.39, 0.29) is 12.4 Å². The molecule has 6 nitrogen and oxygen atoms in total. The minimum Gasteiger partial charge on any atom is -0.359 e. The summed E-state index contributed by atoms with van der Waals surface area (Å²) >= 11 is 2.29. The number of ether oxygens (including phenoxy) is 2. The Kier molecular flexibility index (Phi) is 5.89. The van der Waals surface area contributed by atoms with Crippen LogP contribution in [0.2, 0.25) is 0 Å². The molecule has 0 spiro atoms. The van der Waals surface area contributed by atoms with Crippen LogP contribution in [0.5, 0.6) is 0 Å². The summed E-state index contributed by atoms with van der Waals surface area (Å²) in [4.78, 5) is 4.47. The smallest absolute Gasteiger partial charge is 0.158 e. The third-order valence-electron chi connectivity index (χ3n) is 4.63. The summed E-state index contributed by atoms with van der Waals surface area (Å²) in [6, 6.07) is 10.2. The Morgan fingerprint density at radius 1 is 1.30 bits per heavy atom. The summed E-state index contributed by atoms with van der Waals surface area (Å²) in [6.45, 7) is 3.34. The van der Waals surface area contributed by atoms with E-state index in [2.05, 4.69) is 44.9 Å². The van der Waals surface area contributed by atoms with Crippen molar-refractivity contribution in [1.29, 1.82) is 0 Å². The fraction of sp³-hybridized carbons (Fsp3) is 0.400. The second-order valence-corrected chi connectivity index (χ2v) is 7.92. The predicted molar refractivity (Wildman–Crippen MR) is 109 cm³/mol. The largest absolute Gasteiger partial charge is 0.359 e. The summed E-state index contributed by atoms with van der Waals surface area (Å²) in [7, 11) is 0. The maximum atomic E-state index is 6.05. The molecule has 27 heavy (non-hydrogen) atoms. The van der Waals surface area contributed by atoms with Gasteiger partial charge in [-0.2, -0.15) is 0 Å². The first-order chi connectivity index (χ1) is 13.2. The summed E-state index contributed by atoms with van der Waals surface area (Å²) in [5, 5.41) is 4.20. The van der Waals surface area contributed by atoms with Crippen molar-refractivity contribution in [2.75, 3.05) is 6.61 Å². The van der Waals surface area contributed by atoms with Gasteiger partial charge >= 0.3 is 0 Å².